The normalized spacial score (nSPS) is 11.3. The van der Waals surface area contributed by atoms with Gasteiger partial charge in [-0.05, 0) is 64.0 Å². The fourth-order valence-corrected chi connectivity index (χ4v) is 3.41. The molecule has 44 heavy (non-hydrogen) atoms. The summed E-state index contributed by atoms with van der Waals surface area (Å²) < 4.78 is 5.88. The molecule has 1 rings (SSSR count). The number of rotatable bonds is 16. The van der Waals surface area contributed by atoms with Gasteiger partial charge < -0.3 is 20.1 Å². The summed E-state index contributed by atoms with van der Waals surface area (Å²) >= 11 is 0. The minimum absolute atomic E-state index is 0.0466. The largest absolute Gasteiger partial charge is 0.396 e. The van der Waals surface area contributed by atoms with E-state index in [2.05, 4.69) is 24.4 Å². The van der Waals surface area contributed by atoms with E-state index in [1.54, 1.807) is 4.90 Å². The standard InChI is InChI=1S/C29H44N2O3.C5H12O.2C2H6/c1-6-9-11-12-13-14-17-25-18-15-16-19-26(25)31(8-3)28(33)21-20-27(32)30-23-22-29(4,5)34-24-10-7-2;1-5(2,3)4-6;2*1-2/h6,9,11-12,14-19H,7-8,10,13,20-24H2,1-5H3,(H,30,32);6H,4H2,1-3H3;2*1-2H3/b9-6-,12-11-,17-14-;;;. The molecule has 6 heteroatoms. The van der Waals surface area contributed by atoms with Crippen LogP contribution in [0.5, 0.6) is 0 Å². The molecule has 0 heterocycles. The maximum absolute atomic E-state index is 12.9. The van der Waals surface area contributed by atoms with E-state index >= 15 is 0 Å². The molecule has 1 aromatic carbocycles. The third-order valence-electron chi connectivity index (χ3n) is 5.93. The third-order valence-corrected chi connectivity index (χ3v) is 5.93. The van der Waals surface area contributed by atoms with E-state index in [1.165, 1.54) is 0 Å². The van der Waals surface area contributed by atoms with Gasteiger partial charge in [0.2, 0.25) is 11.8 Å². The number of carbonyl (C=O) groups excluding carboxylic acids is 2. The number of benzene rings is 1. The number of unbranched alkanes of at least 4 members (excludes halogenated alkanes) is 1. The zero-order valence-electron chi connectivity index (χ0n) is 30.5. The highest BCUT2D eigenvalue weighted by molar-refractivity contribution is 5.97. The van der Waals surface area contributed by atoms with Crippen LogP contribution in [0.2, 0.25) is 0 Å². The Bertz CT molecular complexity index is 927. The molecule has 1 aromatic rings. The van der Waals surface area contributed by atoms with Crippen LogP contribution in [0.4, 0.5) is 5.69 Å². The smallest absolute Gasteiger partial charge is 0.227 e. The van der Waals surface area contributed by atoms with E-state index in [4.69, 9.17) is 9.84 Å². The van der Waals surface area contributed by atoms with Gasteiger partial charge in [-0.2, -0.15) is 0 Å². The lowest BCUT2D eigenvalue weighted by atomic mass is 9.99. The molecule has 0 saturated heterocycles. The molecule has 0 spiro atoms. The van der Waals surface area contributed by atoms with E-state index in [9.17, 15) is 9.59 Å². The molecule has 0 aliphatic carbocycles. The summed E-state index contributed by atoms with van der Waals surface area (Å²) in [5, 5.41) is 11.3. The van der Waals surface area contributed by atoms with Crippen molar-refractivity contribution in [3.63, 3.8) is 0 Å². The van der Waals surface area contributed by atoms with Gasteiger partial charge in [0.15, 0.2) is 0 Å². The molecule has 0 aromatic heterocycles. The van der Waals surface area contributed by atoms with Crippen LogP contribution in [0, 0.1) is 5.41 Å². The fourth-order valence-electron chi connectivity index (χ4n) is 3.41. The van der Waals surface area contributed by atoms with Gasteiger partial charge in [0.1, 0.15) is 0 Å². The van der Waals surface area contributed by atoms with Crippen molar-refractivity contribution >= 4 is 23.6 Å². The number of aliphatic hydroxyl groups is 1. The number of hydrogen-bond acceptors (Lipinski definition) is 4. The van der Waals surface area contributed by atoms with Gasteiger partial charge in [-0.1, -0.05) is 116 Å². The van der Waals surface area contributed by atoms with Crippen molar-refractivity contribution < 1.29 is 19.4 Å². The number of amides is 2. The van der Waals surface area contributed by atoms with E-state index in [1.807, 2.05) is 125 Å². The van der Waals surface area contributed by atoms with Gasteiger partial charge in [0.05, 0.1) is 11.3 Å². The predicted molar refractivity (Wildman–Crippen MR) is 193 cm³/mol. The number of para-hydroxylation sites is 1. The Morgan fingerprint density at radius 3 is 2.11 bits per heavy atom. The summed E-state index contributed by atoms with van der Waals surface area (Å²) in [6.07, 6.45) is 16.3. The molecular formula is C38H68N2O4. The lowest BCUT2D eigenvalue weighted by Crippen LogP contribution is -2.35. The van der Waals surface area contributed by atoms with Crippen molar-refractivity contribution in [1.82, 2.24) is 5.32 Å². The number of carbonyl (C=O) groups is 2. The molecule has 0 bridgehead atoms. The van der Waals surface area contributed by atoms with Crippen LogP contribution in [0.1, 0.15) is 127 Å². The van der Waals surface area contributed by atoms with Crippen LogP contribution in [0.25, 0.3) is 6.08 Å². The van der Waals surface area contributed by atoms with Crippen LogP contribution >= 0.6 is 0 Å². The molecule has 0 atom stereocenters. The Balaban J connectivity index is -0.00000147. The van der Waals surface area contributed by atoms with Crippen molar-refractivity contribution in [1.29, 1.82) is 0 Å². The number of allylic oxidation sites excluding steroid dienone is 5. The van der Waals surface area contributed by atoms with Crippen molar-refractivity contribution in [3.8, 4) is 0 Å². The number of nitrogens with zero attached hydrogens (tertiary/aromatic N) is 1. The Morgan fingerprint density at radius 1 is 0.955 bits per heavy atom. The summed E-state index contributed by atoms with van der Waals surface area (Å²) in [4.78, 5) is 27.0. The van der Waals surface area contributed by atoms with Crippen molar-refractivity contribution in [2.75, 3.05) is 31.2 Å². The second-order valence-corrected chi connectivity index (χ2v) is 11.6. The minimum atomic E-state index is -0.267. The first-order valence-electron chi connectivity index (χ1n) is 16.8. The monoisotopic (exact) mass is 617 g/mol. The highest BCUT2D eigenvalue weighted by Gasteiger charge is 2.20. The first-order valence-corrected chi connectivity index (χ1v) is 16.8. The van der Waals surface area contributed by atoms with Crippen LogP contribution in [-0.2, 0) is 14.3 Å². The predicted octanol–water partition coefficient (Wildman–Crippen LogP) is 9.53. The van der Waals surface area contributed by atoms with E-state index in [0.29, 0.717) is 13.1 Å². The molecule has 2 amide bonds. The Labute approximate surface area is 272 Å². The van der Waals surface area contributed by atoms with Crippen molar-refractivity contribution in [3.05, 3.63) is 60.2 Å². The highest BCUT2D eigenvalue weighted by Crippen LogP contribution is 2.23. The average Bonchev–Trinajstić information content (AvgIpc) is 3.01. The van der Waals surface area contributed by atoms with Crippen LogP contribution in [0.3, 0.4) is 0 Å². The zero-order chi connectivity index (χ0) is 34.4. The second-order valence-electron chi connectivity index (χ2n) is 11.6. The molecule has 0 unspecified atom stereocenters. The second kappa shape index (κ2) is 29.0. The highest BCUT2D eigenvalue weighted by atomic mass is 16.5. The van der Waals surface area contributed by atoms with Gasteiger partial charge >= 0.3 is 0 Å². The van der Waals surface area contributed by atoms with Gasteiger partial charge in [-0.3, -0.25) is 9.59 Å². The molecule has 0 aliphatic rings. The molecular weight excluding hydrogens is 548 g/mol. The molecule has 0 saturated carbocycles. The first-order chi connectivity index (χ1) is 20.9. The topological polar surface area (TPSA) is 78.9 Å². The fraction of sp³-hybridized carbons (Fsp3) is 0.632. The van der Waals surface area contributed by atoms with Crippen LogP contribution < -0.4 is 10.2 Å². The zero-order valence-corrected chi connectivity index (χ0v) is 30.5. The van der Waals surface area contributed by atoms with E-state index in [0.717, 1.165) is 43.5 Å². The molecule has 0 radical (unpaired) electrons. The summed E-state index contributed by atoms with van der Waals surface area (Å²) in [7, 11) is 0. The summed E-state index contributed by atoms with van der Waals surface area (Å²) in [6.45, 7) is 26.3. The molecule has 0 fully saturated rings. The van der Waals surface area contributed by atoms with Gasteiger partial charge in [0.25, 0.3) is 0 Å². The molecule has 6 nitrogen and oxygen atoms in total. The summed E-state index contributed by atoms with van der Waals surface area (Å²) in [6, 6.07) is 7.87. The molecule has 0 aliphatic heterocycles. The number of anilines is 1. The SMILES string of the molecule is C/C=C\C=C/C/C=C\c1ccccc1N(CC)C(=O)CCC(=O)NCCC(C)(C)OCCCC.CC.CC.CC(C)(C)CO. The Morgan fingerprint density at radius 2 is 1.57 bits per heavy atom. The lowest BCUT2D eigenvalue weighted by Gasteiger charge is -2.25. The maximum Gasteiger partial charge on any atom is 0.227 e. The van der Waals surface area contributed by atoms with Gasteiger partial charge in [0, 0.05) is 39.1 Å². The first kappa shape index (κ1) is 45.7. The summed E-state index contributed by atoms with van der Waals surface area (Å²) in [5.41, 5.74) is 1.69. The lowest BCUT2D eigenvalue weighted by molar-refractivity contribution is -0.125. The van der Waals surface area contributed by atoms with E-state index < -0.39 is 0 Å². The Hall–Kier alpha value is -2.70. The minimum Gasteiger partial charge on any atom is -0.396 e. The molecule has 254 valence electrons. The number of hydrogen-bond donors (Lipinski definition) is 2. The molecule has 2 N–H and O–H groups in total. The third kappa shape index (κ3) is 25.8. The van der Waals surface area contributed by atoms with Gasteiger partial charge in [-0.25, -0.2) is 0 Å². The maximum atomic E-state index is 12.9. The average molecular weight is 617 g/mol. The summed E-state index contributed by atoms with van der Waals surface area (Å²) in [5.74, 6) is -0.149. The van der Waals surface area contributed by atoms with Crippen LogP contribution in [0.15, 0.2) is 54.6 Å². The van der Waals surface area contributed by atoms with Crippen LogP contribution in [-0.4, -0.2) is 48.8 Å². The quantitative estimate of drug-likeness (QED) is 0.143. The van der Waals surface area contributed by atoms with E-state index in [-0.39, 0.29) is 42.3 Å². The number of nitrogens with one attached hydrogen (secondary N) is 1. The Kier molecular flexibility index (Phi) is 30.2. The van der Waals surface area contributed by atoms with Gasteiger partial charge in [-0.15, -0.1) is 0 Å². The van der Waals surface area contributed by atoms with Crippen molar-refractivity contribution in [2.45, 2.75) is 127 Å². The number of ether oxygens (including phenoxy) is 1. The number of aliphatic hydroxyl groups excluding tert-OH is 1. The van der Waals surface area contributed by atoms with Crippen molar-refractivity contribution in [2.24, 2.45) is 5.41 Å².